The molecule has 0 unspecified atom stereocenters. The van der Waals surface area contributed by atoms with E-state index < -0.39 is 0 Å². The molecule has 1 aromatic carbocycles. The minimum absolute atomic E-state index is 0.464. The number of pyridine rings is 1. The zero-order valence-electron chi connectivity index (χ0n) is 15.2. The fraction of sp³-hybridized carbons (Fsp3) is 0.200. The molecule has 0 aliphatic carbocycles. The molecule has 130 valence electrons. The van der Waals surface area contributed by atoms with E-state index in [1.54, 1.807) is 7.11 Å². The van der Waals surface area contributed by atoms with Crippen LogP contribution >= 0.6 is 0 Å². The predicted molar refractivity (Wildman–Crippen MR) is 102 cm³/mol. The Hall–Kier alpha value is -3.46. The van der Waals surface area contributed by atoms with Gasteiger partial charge < -0.3 is 10.5 Å². The molecular formula is C20H20N5O+. The third-order valence-corrected chi connectivity index (χ3v) is 4.88. The van der Waals surface area contributed by atoms with Crippen LogP contribution in [0.1, 0.15) is 25.0 Å². The Morgan fingerprint density at radius 2 is 1.92 bits per heavy atom. The number of methoxy groups -OCH3 is 1. The van der Waals surface area contributed by atoms with Crippen molar-refractivity contribution in [2.45, 2.75) is 20.8 Å². The maximum Gasteiger partial charge on any atom is 0.316 e. The van der Waals surface area contributed by atoms with Crippen molar-refractivity contribution >= 4 is 33.4 Å². The smallest absolute Gasteiger partial charge is 0.316 e. The van der Waals surface area contributed by atoms with Crippen molar-refractivity contribution in [2.24, 2.45) is 0 Å². The highest BCUT2D eigenvalue weighted by Crippen LogP contribution is 2.36. The molecule has 0 aliphatic heterocycles. The van der Waals surface area contributed by atoms with Gasteiger partial charge in [0.2, 0.25) is 0 Å². The standard InChI is InChI=1S/C18H13N5O.C2H6/c1-10-14(24-2)4-3-13-15(10)23-16-11(12(9-19)17(23)20)5-6-21-7-8-22(13)18(16)21;1-2/h3-8,20H,1-2H3;1-2H3/p+1. The summed E-state index contributed by atoms with van der Waals surface area (Å²) in [7, 11) is 1.66. The first kappa shape index (κ1) is 16.0. The minimum Gasteiger partial charge on any atom is -0.496 e. The number of nitrogen functional groups attached to an aromatic ring is 1. The first-order chi connectivity index (χ1) is 12.7. The van der Waals surface area contributed by atoms with Crippen molar-refractivity contribution < 1.29 is 9.14 Å². The van der Waals surface area contributed by atoms with Gasteiger partial charge >= 0.3 is 5.65 Å². The number of ether oxygens (including phenoxy) is 1. The number of nitrogens with zero attached hydrogens (tertiary/aromatic N) is 4. The lowest BCUT2D eigenvalue weighted by molar-refractivity contribution is -0.509. The summed E-state index contributed by atoms with van der Waals surface area (Å²) < 4.78 is 11.6. The second-order valence-corrected chi connectivity index (χ2v) is 5.95. The van der Waals surface area contributed by atoms with Gasteiger partial charge in [-0.1, -0.05) is 13.8 Å². The lowest BCUT2D eigenvalue weighted by Crippen LogP contribution is -2.19. The normalized spacial score (nSPS) is 11.2. The molecule has 6 nitrogen and oxygen atoms in total. The summed E-state index contributed by atoms with van der Waals surface area (Å²) in [5.74, 6) is 1.26. The minimum atomic E-state index is 0.464. The molecule has 0 spiro atoms. The first-order valence-corrected chi connectivity index (χ1v) is 8.61. The Balaban J connectivity index is 0.000000814. The highest BCUT2D eigenvalue weighted by Gasteiger charge is 2.27. The molecule has 0 aliphatic rings. The van der Waals surface area contributed by atoms with Gasteiger partial charge in [-0.05, 0) is 25.1 Å². The molecule has 0 amide bonds. The SMILES string of the molecule is CC.COc1ccc2c(c1C)n1c(N)c(C#N)c3cc[n+]4ccn2c4c31. The van der Waals surface area contributed by atoms with Crippen molar-refractivity contribution in [3.63, 3.8) is 0 Å². The molecule has 0 saturated carbocycles. The summed E-state index contributed by atoms with van der Waals surface area (Å²) in [6.07, 6.45) is 5.99. The number of rotatable bonds is 1. The summed E-state index contributed by atoms with van der Waals surface area (Å²) in [6.45, 7) is 6.01. The number of imidazole rings is 1. The molecule has 6 heteroatoms. The molecule has 0 bridgehead atoms. The molecule has 5 aromatic rings. The molecular weight excluding hydrogens is 326 g/mol. The highest BCUT2D eigenvalue weighted by molar-refractivity contribution is 6.04. The van der Waals surface area contributed by atoms with Gasteiger partial charge in [-0.3, -0.25) is 4.40 Å². The largest absolute Gasteiger partial charge is 0.496 e. The Kier molecular flexibility index (Phi) is 3.41. The Morgan fingerprint density at radius 3 is 2.62 bits per heavy atom. The zero-order chi connectivity index (χ0) is 18.6. The van der Waals surface area contributed by atoms with Gasteiger partial charge in [-0.2, -0.15) is 9.66 Å². The number of hydrogen-bond donors (Lipinski definition) is 1. The molecule has 4 aromatic heterocycles. The molecule has 4 heterocycles. The second kappa shape index (κ2) is 5.53. The van der Waals surface area contributed by atoms with Crippen LogP contribution in [0.5, 0.6) is 5.75 Å². The second-order valence-electron chi connectivity index (χ2n) is 5.95. The van der Waals surface area contributed by atoms with E-state index in [0.29, 0.717) is 11.4 Å². The average Bonchev–Trinajstić information content (AvgIpc) is 3.22. The van der Waals surface area contributed by atoms with Gasteiger partial charge in [-0.15, -0.1) is 0 Å². The van der Waals surface area contributed by atoms with E-state index >= 15 is 0 Å². The van der Waals surface area contributed by atoms with E-state index in [0.717, 1.165) is 38.9 Å². The van der Waals surface area contributed by atoms with E-state index in [4.69, 9.17) is 10.5 Å². The zero-order valence-corrected chi connectivity index (χ0v) is 15.2. The molecule has 0 atom stereocenters. The van der Waals surface area contributed by atoms with Gasteiger partial charge in [-0.25, -0.2) is 4.40 Å². The third-order valence-electron chi connectivity index (χ3n) is 4.88. The molecule has 0 saturated heterocycles. The van der Waals surface area contributed by atoms with Crippen LogP contribution in [0, 0.1) is 18.3 Å². The van der Waals surface area contributed by atoms with Gasteiger partial charge in [0.1, 0.15) is 46.6 Å². The van der Waals surface area contributed by atoms with E-state index in [2.05, 4.69) is 10.5 Å². The number of aromatic nitrogens is 3. The summed E-state index contributed by atoms with van der Waals surface area (Å²) >= 11 is 0. The molecule has 0 radical (unpaired) electrons. The fourth-order valence-electron chi connectivity index (χ4n) is 3.82. The molecule has 5 rings (SSSR count). The van der Waals surface area contributed by atoms with E-state index in [1.807, 2.05) is 66.4 Å². The van der Waals surface area contributed by atoms with Crippen molar-refractivity contribution in [1.29, 1.82) is 5.26 Å². The highest BCUT2D eigenvalue weighted by atomic mass is 16.5. The topological polar surface area (TPSA) is 72.0 Å². The van der Waals surface area contributed by atoms with E-state index in [1.165, 1.54) is 0 Å². The number of nitriles is 1. The first-order valence-electron chi connectivity index (χ1n) is 8.61. The Labute approximate surface area is 150 Å². The van der Waals surface area contributed by atoms with Crippen molar-refractivity contribution in [3.8, 4) is 11.8 Å². The van der Waals surface area contributed by atoms with Crippen LogP contribution < -0.4 is 14.9 Å². The van der Waals surface area contributed by atoms with Crippen molar-refractivity contribution in [2.75, 3.05) is 12.8 Å². The van der Waals surface area contributed by atoms with Gasteiger partial charge in [0.25, 0.3) is 0 Å². The lowest BCUT2D eigenvalue weighted by Gasteiger charge is -2.11. The maximum atomic E-state index is 9.60. The molecule has 2 N–H and O–H groups in total. The fourth-order valence-corrected chi connectivity index (χ4v) is 3.82. The Morgan fingerprint density at radius 1 is 1.15 bits per heavy atom. The quantitative estimate of drug-likeness (QED) is 0.374. The van der Waals surface area contributed by atoms with Crippen LogP contribution in [0.4, 0.5) is 5.82 Å². The van der Waals surface area contributed by atoms with Crippen LogP contribution in [0.3, 0.4) is 0 Å². The summed E-state index contributed by atoms with van der Waals surface area (Å²) in [5, 5.41) is 10.5. The van der Waals surface area contributed by atoms with Crippen molar-refractivity contribution in [3.05, 3.63) is 47.9 Å². The monoisotopic (exact) mass is 346 g/mol. The lowest BCUT2D eigenvalue weighted by atomic mass is 10.1. The van der Waals surface area contributed by atoms with Crippen LogP contribution in [-0.4, -0.2) is 15.9 Å². The summed E-state index contributed by atoms with van der Waals surface area (Å²) in [5.41, 5.74) is 11.8. The number of benzene rings is 1. The van der Waals surface area contributed by atoms with Crippen LogP contribution in [0.15, 0.2) is 36.8 Å². The number of hydrogen-bond acceptors (Lipinski definition) is 3. The predicted octanol–water partition coefficient (Wildman–Crippen LogP) is 3.32. The van der Waals surface area contributed by atoms with E-state index in [9.17, 15) is 5.26 Å². The summed E-state index contributed by atoms with van der Waals surface area (Å²) in [6, 6.07) is 8.18. The summed E-state index contributed by atoms with van der Waals surface area (Å²) in [4.78, 5) is 0. The number of aryl methyl sites for hydroxylation is 1. The van der Waals surface area contributed by atoms with E-state index in [-0.39, 0.29) is 0 Å². The number of nitrogens with two attached hydrogens (primary N) is 1. The molecule has 26 heavy (non-hydrogen) atoms. The number of fused-ring (bicyclic) bond motifs is 3. The Bertz CT molecular complexity index is 1320. The van der Waals surface area contributed by atoms with Crippen LogP contribution in [0.25, 0.3) is 27.6 Å². The average molecular weight is 346 g/mol. The van der Waals surface area contributed by atoms with Crippen molar-refractivity contribution in [1.82, 2.24) is 8.80 Å². The maximum absolute atomic E-state index is 9.60. The number of anilines is 1. The van der Waals surface area contributed by atoms with Gasteiger partial charge in [0, 0.05) is 10.9 Å². The van der Waals surface area contributed by atoms with Gasteiger partial charge in [0.15, 0.2) is 5.52 Å². The third kappa shape index (κ3) is 1.72. The van der Waals surface area contributed by atoms with Gasteiger partial charge in [0.05, 0.1) is 13.3 Å². The van der Waals surface area contributed by atoms with Crippen LogP contribution in [-0.2, 0) is 0 Å². The van der Waals surface area contributed by atoms with Crippen LogP contribution in [0.2, 0.25) is 0 Å². The molecule has 0 fully saturated rings.